The summed E-state index contributed by atoms with van der Waals surface area (Å²) in [6, 6.07) is 13.0. The van der Waals surface area contributed by atoms with Crippen LogP contribution in [0.4, 0.5) is 11.4 Å². The minimum atomic E-state index is -1.41. The van der Waals surface area contributed by atoms with Crippen LogP contribution in [0.2, 0.25) is 0 Å². The average Bonchev–Trinajstić information content (AvgIpc) is 3.33. The highest BCUT2D eigenvalue weighted by Crippen LogP contribution is 2.53. The first-order valence-corrected chi connectivity index (χ1v) is 9.78. The molecule has 2 saturated heterocycles. The zero-order chi connectivity index (χ0) is 21.2. The second kappa shape index (κ2) is 6.38. The maximum atomic E-state index is 13.6. The molecule has 5 rings (SSSR count). The summed E-state index contributed by atoms with van der Waals surface area (Å²) in [6.45, 7) is 1.56. The van der Waals surface area contributed by atoms with Gasteiger partial charge in [-0.05, 0) is 37.3 Å². The van der Waals surface area contributed by atoms with Crippen molar-refractivity contribution < 1.29 is 24.2 Å². The van der Waals surface area contributed by atoms with Gasteiger partial charge in [0, 0.05) is 17.3 Å². The number of aliphatic hydroxyl groups excluding tert-OH is 1. The molecule has 5 atom stereocenters. The summed E-state index contributed by atoms with van der Waals surface area (Å²) in [4.78, 5) is 41.3. The lowest BCUT2D eigenvalue weighted by Crippen LogP contribution is -2.54. The zero-order valence-corrected chi connectivity index (χ0v) is 16.5. The molecule has 3 aliphatic heterocycles. The quantitative estimate of drug-likeness (QED) is 0.656. The molecular formula is C22H21N3O5. The van der Waals surface area contributed by atoms with E-state index in [4.69, 9.17) is 4.74 Å². The number of fused-ring (bicyclic) bond motifs is 4. The summed E-state index contributed by atoms with van der Waals surface area (Å²) in [5.41, 5.74) is 0.220. The molecule has 8 nitrogen and oxygen atoms in total. The number of methoxy groups -OCH3 is 1. The number of anilines is 2. The second-order valence-electron chi connectivity index (χ2n) is 7.93. The fourth-order valence-corrected chi connectivity index (χ4v) is 5.09. The molecule has 0 unspecified atom stereocenters. The van der Waals surface area contributed by atoms with E-state index in [0.717, 1.165) is 4.90 Å². The van der Waals surface area contributed by atoms with Gasteiger partial charge in [-0.25, -0.2) is 4.90 Å². The van der Waals surface area contributed by atoms with Crippen LogP contribution in [-0.2, 0) is 19.9 Å². The van der Waals surface area contributed by atoms with Crippen LogP contribution in [0.1, 0.15) is 12.5 Å². The molecule has 30 heavy (non-hydrogen) atoms. The van der Waals surface area contributed by atoms with Crippen LogP contribution in [0, 0.1) is 11.8 Å². The van der Waals surface area contributed by atoms with Gasteiger partial charge < -0.3 is 15.2 Å². The number of aliphatic hydroxyl groups is 1. The Morgan fingerprint density at radius 2 is 1.77 bits per heavy atom. The number of rotatable bonds is 3. The van der Waals surface area contributed by atoms with Gasteiger partial charge in [-0.3, -0.25) is 19.7 Å². The number of carbonyl (C=O) groups is 3. The van der Waals surface area contributed by atoms with Gasteiger partial charge in [0.25, 0.3) is 0 Å². The monoisotopic (exact) mass is 407 g/mol. The molecule has 0 saturated carbocycles. The van der Waals surface area contributed by atoms with E-state index in [1.54, 1.807) is 55.5 Å². The van der Waals surface area contributed by atoms with Crippen LogP contribution in [0.25, 0.3) is 0 Å². The van der Waals surface area contributed by atoms with Crippen LogP contribution in [-0.4, -0.2) is 42.1 Å². The number of amides is 3. The molecule has 154 valence electrons. The molecule has 0 bridgehead atoms. The highest BCUT2D eigenvalue weighted by molar-refractivity contribution is 6.25. The van der Waals surface area contributed by atoms with Crippen molar-refractivity contribution in [1.82, 2.24) is 5.32 Å². The first kappa shape index (κ1) is 18.8. The van der Waals surface area contributed by atoms with Gasteiger partial charge in [-0.15, -0.1) is 0 Å². The number of hydrogen-bond donors (Lipinski definition) is 3. The topological polar surface area (TPSA) is 108 Å². The van der Waals surface area contributed by atoms with Gasteiger partial charge in [0.05, 0.1) is 30.7 Å². The third-order valence-corrected chi connectivity index (χ3v) is 6.41. The molecule has 3 amide bonds. The lowest BCUT2D eigenvalue weighted by atomic mass is 9.76. The van der Waals surface area contributed by atoms with Crippen LogP contribution < -0.4 is 20.3 Å². The van der Waals surface area contributed by atoms with Gasteiger partial charge in [-0.2, -0.15) is 0 Å². The van der Waals surface area contributed by atoms with Crippen molar-refractivity contribution in [3.8, 4) is 5.75 Å². The summed E-state index contributed by atoms with van der Waals surface area (Å²) in [7, 11) is 1.53. The summed E-state index contributed by atoms with van der Waals surface area (Å²) >= 11 is 0. The molecular weight excluding hydrogens is 386 g/mol. The molecule has 2 fully saturated rings. The maximum absolute atomic E-state index is 13.6. The molecule has 8 heteroatoms. The van der Waals surface area contributed by atoms with Crippen molar-refractivity contribution >= 4 is 29.1 Å². The Kier molecular flexibility index (Phi) is 4.00. The first-order chi connectivity index (χ1) is 14.4. The Morgan fingerprint density at radius 1 is 1.07 bits per heavy atom. The predicted octanol–water partition coefficient (Wildman–Crippen LogP) is 1.00. The summed E-state index contributed by atoms with van der Waals surface area (Å²) in [5, 5.41) is 16.4. The fourth-order valence-electron chi connectivity index (χ4n) is 5.09. The van der Waals surface area contributed by atoms with Gasteiger partial charge in [0.2, 0.25) is 17.7 Å². The van der Waals surface area contributed by atoms with Crippen molar-refractivity contribution in [2.24, 2.45) is 11.8 Å². The normalized spacial score (nSPS) is 30.4. The number of para-hydroxylation sites is 1. The van der Waals surface area contributed by atoms with E-state index in [1.807, 2.05) is 0 Å². The molecule has 3 N–H and O–H groups in total. The van der Waals surface area contributed by atoms with Crippen molar-refractivity contribution in [3.63, 3.8) is 0 Å². The van der Waals surface area contributed by atoms with Crippen molar-refractivity contribution in [3.05, 3.63) is 54.1 Å². The minimum absolute atomic E-state index is 0.389. The Balaban J connectivity index is 1.65. The van der Waals surface area contributed by atoms with Crippen LogP contribution in [0.3, 0.4) is 0 Å². The van der Waals surface area contributed by atoms with E-state index in [9.17, 15) is 19.5 Å². The van der Waals surface area contributed by atoms with E-state index in [2.05, 4.69) is 10.6 Å². The van der Waals surface area contributed by atoms with E-state index in [0.29, 0.717) is 22.7 Å². The van der Waals surface area contributed by atoms with Gasteiger partial charge in [-0.1, -0.05) is 18.2 Å². The van der Waals surface area contributed by atoms with Crippen molar-refractivity contribution in [1.29, 1.82) is 0 Å². The summed E-state index contributed by atoms with van der Waals surface area (Å²) in [5.74, 6) is -2.51. The van der Waals surface area contributed by atoms with Gasteiger partial charge >= 0.3 is 0 Å². The summed E-state index contributed by atoms with van der Waals surface area (Å²) in [6.07, 6.45) is -0.940. The number of hydrogen-bond acceptors (Lipinski definition) is 6. The number of nitrogens with one attached hydrogen (secondary N) is 2. The van der Waals surface area contributed by atoms with Gasteiger partial charge in [0.15, 0.2) is 0 Å². The standard InChI is InChI=1S/C22H21N3O5/c1-11(26)18-16-17(22(24-18)14-5-3-4-6-15(14)23-21(22)29)20(28)25(19(16)27)12-7-9-13(30-2)10-8-12/h3-11,16-18,24,26H,1-2H3,(H,23,29)/t11-,16+,17-,18-,22+/m1/s1. The Morgan fingerprint density at radius 3 is 2.43 bits per heavy atom. The molecule has 0 aromatic heterocycles. The van der Waals surface area contributed by atoms with Crippen LogP contribution in [0.5, 0.6) is 5.75 Å². The maximum Gasteiger partial charge on any atom is 0.250 e. The lowest BCUT2D eigenvalue weighted by Gasteiger charge is -2.30. The fraction of sp³-hybridized carbons (Fsp3) is 0.318. The molecule has 2 aromatic rings. The Labute approximate surface area is 172 Å². The molecule has 2 aromatic carbocycles. The third kappa shape index (κ3) is 2.26. The first-order valence-electron chi connectivity index (χ1n) is 9.78. The Hall–Kier alpha value is -3.23. The van der Waals surface area contributed by atoms with E-state index < -0.39 is 41.3 Å². The van der Waals surface area contributed by atoms with Crippen molar-refractivity contribution in [2.45, 2.75) is 24.6 Å². The number of benzene rings is 2. The Bertz CT molecular complexity index is 1070. The smallest absolute Gasteiger partial charge is 0.250 e. The third-order valence-electron chi connectivity index (χ3n) is 6.41. The van der Waals surface area contributed by atoms with Crippen molar-refractivity contribution in [2.75, 3.05) is 17.3 Å². The molecule has 0 aliphatic carbocycles. The minimum Gasteiger partial charge on any atom is -0.497 e. The largest absolute Gasteiger partial charge is 0.497 e. The molecule has 3 aliphatic rings. The number of ether oxygens (including phenoxy) is 1. The molecule has 1 spiro atoms. The molecule has 3 heterocycles. The predicted molar refractivity (Wildman–Crippen MR) is 108 cm³/mol. The van der Waals surface area contributed by atoms with E-state index in [-0.39, 0.29) is 5.91 Å². The summed E-state index contributed by atoms with van der Waals surface area (Å²) < 4.78 is 5.15. The van der Waals surface area contributed by atoms with E-state index in [1.165, 1.54) is 7.11 Å². The van der Waals surface area contributed by atoms with Gasteiger partial charge in [0.1, 0.15) is 11.3 Å². The zero-order valence-electron chi connectivity index (χ0n) is 16.5. The SMILES string of the molecule is COc1ccc(N2C(=O)[C@@H]3[C@@H]([C@@H](C)O)N[C@]4(C(=O)Nc5ccccc54)[C@H]3C2=O)cc1. The highest BCUT2D eigenvalue weighted by atomic mass is 16.5. The second-order valence-corrected chi connectivity index (χ2v) is 7.93. The number of imide groups is 1. The van der Waals surface area contributed by atoms with Crippen LogP contribution >= 0.6 is 0 Å². The number of carbonyl (C=O) groups excluding carboxylic acids is 3. The van der Waals surface area contributed by atoms with E-state index >= 15 is 0 Å². The number of nitrogens with zero attached hydrogens (tertiary/aromatic N) is 1. The van der Waals surface area contributed by atoms with Crippen LogP contribution in [0.15, 0.2) is 48.5 Å². The lowest BCUT2D eigenvalue weighted by molar-refractivity contribution is -0.130. The average molecular weight is 407 g/mol. The highest BCUT2D eigenvalue weighted by Gasteiger charge is 2.71. The molecule has 0 radical (unpaired) electrons.